The van der Waals surface area contributed by atoms with Crippen LogP contribution in [0.3, 0.4) is 0 Å². The molecule has 0 unspecified atom stereocenters. The minimum absolute atomic E-state index is 0.00570. The monoisotopic (exact) mass is 302 g/mol. The highest BCUT2D eigenvalue weighted by atomic mass is 79.9. The summed E-state index contributed by atoms with van der Waals surface area (Å²) in [5.41, 5.74) is 0.588. The van der Waals surface area contributed by atoms with E-state index in [0.29, 0.717) is 18.8 Å². The van der Waals surface area contributed by atoms with E-state index in [1.807, 2.05) is 13.8 Å². The largest absolute Gasteiger partial charge is 0.375 e. The highest BCUT2D eigenvalue weighted by Gasteiger charge is 2.09. The van der Waals surface area contributed by atoms with Gasteiger partial charge in [0.25, 0.3) is 0 Å². The van der Waals surface area contributed by atoms with Crippen molar-refractivity contribution >= 4 is 27.5 Å². The zero-order valence-electron chi connectivity index (χ0n) is 9.96. The summed E-state index contributed by atoms with van der Waals surface area (Å²) in [6.07, 6.45) is 0. The minimum atomic E-state index is -0.328. The first-order valence-electron chi connectivity index (χ1n) is 5.55. The number of carbonyl (C=O) groups is 1. The number of nitrogens with zero attached hydrogens (tertiary/aromatic N) is 1. The molecule has 5 heteroatoms. The van der Waals surface area contributed by atoms with Crippen LogP contribution in [-0.2, 0) is 4.79 Å². The average Bonchev–Trinajstić information content (AvgIpc) is 2.32. The maximum Gasteiger partial charge on any atom is 0.241 e. The molecule has 0 aromatic heterocycles. The first-order chi connectivity index (χ1) is 8.08. The van der Waals surface area contributed by atoms with Crippen LogP contribution in [0.2, 0.25) is 0 Å². The summed E-state index contributed by atoms with van der Waals surface area (Å²) < 4.78 is 13.7. The summed E-state index contributed by atoms with van der Waals surface area (Å²) in [5.74, 6) is -0.322. The Labute approximate surface area is 109 Å². The van der Waals surface area contributed by atoms with Gasteiger partial charge in [0.15, 0.2) is 0 Å². The van der Waals surface area contributed by atoms with Crippen LogP contribution < -0.4 is 5.32 Å². The molecular formula is C12H16BrFN2O. The molecule has 1 amide bonds. The topological polar surface area (TPSA) is 32.3 Å². The Hall–Kier alpha value is -1.10. The number of halogens is 2. The number of hydrogen-bond donors (Lipinski definition) is 1. The van der Waals surface area contributed by atoms with Crippen LogP contribution in [-0.4, -0.2) is 30.4 Å². The van der Waals surface area contributed by atoms with E-state index in [1.165, 1.54) is 12.1 Å². The molecule has 0 bridgehead atoms. The predicted octanol–water partition coefficient (Wildman–Crippen LogP) is 2.87. The second-order valence-electron chi connectivity index (χ2n) is 3.54. The Bertz CT molecular complexity index is 394. The van der Waals surface area contributed by atoms with Crippen molar-refractivity contribution in [3.63, 3.8) is 0 Å². The standard InChI is InChI=1S/C12H16BrFN2O/c1-3-16(4-2)12(17)8-15-11-7-9(14)5-6-10(11)13/h5-7,15H,3-4,8H2,1-2H3. The van der Waals surface area contributed by atoms with E-state index >= 15 is 0 Å². The van der Waals surface area contributed by atoms with Gasteiger partial charge in [0.1, 0.15) is 5.82 Å². The van der Waals surface area contributed by atoms with Gasteiger partial charge in [0, 0.05) is 17.6 Å². The number of likely N-dealkylation sites (N-methyl/N-ethyl adjacent to an activating group) is 1. The van der Waals surface area contributed by atoms with E-state index in [-0.39, 0.29) is 18.3 Å². The van der Waals surface area contributed by atoms with Crippen LogP contribution in [0.5, 0.6) is 0 Å². The summed E-state index contributed by atoms with van der Waals surface area (Å²) in [4.78, 5) is 13.5. The number of carbonyl (C=O) groups excluding carboxylic acids is 1. The van der Waals surface area contributed by atoms with Crippen LogP contribution in [0.25, 0.3) is 0 Å². The Morgan fingerprint density at radius 2 is 2.06 bits per heavy atom. The lowest BCUT2D eigenvalue weighted by atomic mass is 10.3. The average molecular weight is 303 g/mol. The summed E-state index contributed by atoms with van der Waals surface area (Å²) in [5, 5.41) is 2.92. The van der Waals surface area contributed by atoms with E-state index in [4.69, 9.17) is 0 Å². The molecule has 17 heavy (non-hydrogen) atoms. The molecule has 0 radical (unpaired) electrons. The van der Waals surface area contributed by atoms with Crippen molar-refractivity contribution in [2.45, 2.75) is 13.8 Å². The second kappa shape index (κ2) is 6.59. The van der Waals surface area contributed by atoms with E-state index in [9.17, 15) is 9.18 Å². The van der Waals surface area contributed by atoms with Crippen molar-refractivity contribution in [2.24, 2.45) is 0 Å². The fraction of sp³-hybridized carbons (Fsp3) is 0.417. The van der Waals surface area contributed by atoms with E-state index in [2.05, 4.69) is 21.2 Å². The quantitative estimate of drug-likeness (QED) is 0.907. The fourth-order valence-electron chi connectivity index (χ4n) is 1.49. The zero-order valence-corrected chi connectivity index (χ0v) is 11.6. The summed E-state index contributed by atoms with van der Waals surface area (Å²) in [7, 11) is 0. The number of amides is 1. The normalized spacial score (nSPS) is 10.1. The Morgan fingerprint density at radius 3 is 2.65 bits per heavy atom. The van der Waals surface area contributed by atoms with Gasteiger partial charge in [-0.2, -0.15) is 0 Å². The lowest BCUT2D eigenvalue weighted by Crippen LogP contribution is -2.35. The molecule has 1 aromatic rings. The van der Waals surface area contributed by atoms with Crippen LogP contribution in [0, 0.1) is 5.82 Å². The van der Waals surface area contributed by atoms with Gasteiger partial charge in [-0.15, -0.1) is 0 Å². The third-order valence-electron chi connectivity index (χ3n) is 2.47. The van der Waals surface area contributed by atoms with E-state index in [0.717, 1.165) is 4.47 Å². The molecule has 1 rings (SSSR count). The molecule has 0 atom stereocenters. The summed E-state index contributed by atoms with van der Waals surface area (Å²) >= 11 is 3.30. The number of anilines is 1. The van der Waals surface area contributed by atoms with Gasteiger partial charge < -0.3 is 10.2 Å². The molecule has 0 aliphatic carbocycles. The zero-order chi connectivity index (χ0) is 12.8. The molecule has 1 aromatic carbocycles. The summed E-state index contributed by atoms with van der Waals surface area (Å²) in [6.45, 7) is 5.39. The van der Waals surface area contributed by atoms with Crippen LogP contribution in [0.1, 0.15) is 13.8 Å². The molecule has 0 heterocycles. The second-order valence-corrected chi connectivity index (χ2v) is 4.40. The minimum Gasteiger partial charge on any atom is -0.375 e. The lowest BCUT2D eigenvalue weighted by Gasteiger charge is -2.19. The van der Waals surface area contributed by atoms with Crippen molar-refractivity contribution in [2.75, 3.05) is 25.0 Å². The maximum atomic E-state index is 13.0. The van der Waals surface area contributed by atoms with Crippen molar-refractivity contribution in [3.8, 4) is 0 Å². The summed E-state index contributed by atoms with van der Waals surface area (Å²) in [6, 6.07) is 4.33. The Morgan fingerprint density at radius 1 is 1.41 bits per heavy atom. The molecule has 1 N–H and O–H groups in total. The van der Waals surface area contributed by atoms with Gasteiger partial charge >= 0.3 is 0 Å². The molecule has 0 saturated carbocycles. The molecule has 0 fully saturated rings. The molecule has 3 nitrogen and oxygen atoms in total. The van der Waals surface area contributed by atoms with E-state index < -0.39 is 0 Å². The van der Waals surface area contributed by atoms with Gasteiger partial charge in [-0.3, -0.25) is 4.79 Å². The third-order valence-corrected chi connectivity index (χ3v) is 3.17. The van der Waals surface area contributed by atoms with Crippen molar-refractivity contribution in [1.29, 1.82) is 0 Å². The molecule has 0 saturated heterocycles. The lowest BCUT2D eigenvalue weighted by molar-refractivity contribution is -0.128. The number of nitrogens with one attached hydrogen (secondary N) is 1. The highest BCUT2D eigenvalue weighted by molar-refractivity contribution is 9.10. The molecular weight excluding hydrogens is 287 g/mol. The third kappa shape index (κ3) is 4.00. The van der Waals surface area contributed by atoms with Crippen LogP contribution >= 0.6 is 15.9 Å². The van der Waals surface area contributed by atoms with Gasteiger partial charge in [0.05, 0.1) is 12.2 Å². The van der Waals surface area contributed by atoms with Gasteiger partial charge in [0.2, 0.25) is 5.91 Å². The molecule has 0 aliphatic rings. The Kier molecular flexibility index (Phi) is 5.41. The van der Waals surface area contributed by atoms with Gasteiger partial charge in [-0.1, -0.05) is 0 Å². The van der Waals surface area contributed by atoms with Crippen LogP contribution in [0.15, 0.2) is 22.7 Å². The maximum absolute atomic E-state index is 13.0. The predicted molar refractivity (Wildman–Crippen MR) is 70.5 cm³/mol. The molecule has 0 spiro atoms. The highest BCUT2D eigenvalue weighted by Crippen LogP contribution is 2.22. The fourth-order valence-corrected chi connectivity index (χ4v) is 1.88. The van der Waals surface area contributed by atoms with Crippen molar-refractivity contribution < 1.29 is 9.18 Å². The molecule has 94 valence electrons. The number of hydrogen-bond acceptors (Lipinski definition) is 2. The Balaban J connectivity index is 2.61. The van der Waals surface area contributed by atoms with Gasteiger partial charge in [-0.25, -0.2) is 4.39 Å². The van der Waals surface area contributed by atoms with Gasteiger partial charge in [-0.05, 0) is 48.0 Å². The molecule has 0 aliphatic heterocycles. The number of rotatable bonds is 5. The number of benzene rings is 1. The van der Waals surface area contributed by atoms with E-state index in [1.54, 1.807) is 11.0 Å². The van der Waals surface area contributed by atoms with Crippen molar-refractivity contribution in [3.05, 3.63) is 28.5 Å². The van der Waals surface area contributed by atoms with Crippen LogP contribution in [0.4, 0.5) is 10.1 Å². The first-order valence-corrected chi connectivity index (χ1v) is 6.34. The SMILES string of the molecule is CCN(CC)C(=O)CNc1cc(F)ccc1Br. The van der Waals surface area contributed by atoms with Crippen molar-refractivity contribution in [1.82, 2.24) is 4.90 Å². The smallest absolute Gasteiger partial charge is 0.241 e. The first kappa shape index (κ1) is 14.0.